The predicted octanol–water partition coefficient (Wildman–Crippen LogP) is 0.499. The van der Waals surface area contributed by atoms with Crippen LogP contribution < -0.4 is 10.6 Å². The Labute approximate surface area is 149 Å². The zero-order valence-electron chi connectivity index (χ0n) is 15.8. The van der Waals surface area contributed by atoms with E-state index in [4.69, 9.17) is 9.84 Å². The first-order valence-electron chi connectivity index (χ1n) is 8.76. The second-order valence-electron chi connectivity index (χ2n) is 7.51. The lowest BCUT2D eigenvalue weighted by Crippen LogP contribution is -2.57. The highest BCUT2D eigenvalue weighted by Crippen LogP contribution is 2.28. The summed E-state index contributed by atoms with van der Waals surface area (Å²) in [5.74, 6) is -0.667. The van der Waals surface area contributed by atoms with E-state index < -0.39 is 23.8 Å². The van der Waals surface area contributed by atoms with Gasteiger partial charge < -0.3 is 20.3 Å². The van der Waals surface area contributed by atoms with Gasteiger partial charge in [-0.3, -0.25) is 14.9 Å². The van der Waals surface area contributed by atoms with Gasteiger partial charge in [-0.2, -0.15) is 0 Å². The first-order valence-corrected chi connectivity index (χ1v) is 8.76. The van der Waals surface area contributed by atoms with Crippen LogP contribution in [0.5, 0.6) is 0 Å². The number of nitrogens with one attached hydrogen (secondary N) is 2. The molecule has 1 amide bonds. The lowest BCUT2D eigenvalue weighted by Gasteiger charge is -2.32. The number of hydrogen-bond donors (Lipinski definition) is 4. The Morgan fingerprint density at radius 3 is 2.52 bits per heavy atom. The van der Waals surface area contributed by atoms with Crippen molar-refractivity contribution in [1.82, 2.24) is 10.6 Å². The molecule has 7 nitrogen and oxygen atoms in total. The normalized spacial score (nSPS) is 26.4. The topological polar surface area (TPSA) is 108 Å². The number of aliphatic hydroxyl groups excluding tert-OH is 2. The third-order valence-electron chi connectivity index (χ3n) is 4.09. The van der Waals surface area contributed by atoms with Crippen LogP contribution in [0.2, 0.25) is 0 Å². The predicted molar refractivity (Wildman–Crippen MR) is 94.8 cm³/mol. The summed E-state index contributed by atoms with van der Waals surface area (Å²) in [7, 11) is 0. The SMILES string of the molecule is C/C=C\[C@@H]1C[C@H](C(=O)OC(C)(C)C)N[C@H]1[C@H](NC(C)=O)C(O)CCO. The number of carbonyl (C=O) groups is 2. The Morgan fingerprint density at radius 2 is 2.04 bits per heavy atom. The van der Waals surface area contributed by atoms with Crippen molar-refractivity contribution in [3.63, 3.8) is 0 Å². The van der Waals surface area contributed by atoms with E-state index in [1.807, 2.05) is 39.8 Å². The summed E-state index contributed by atoms with van der Waals surface area (Å²) in [6, 6.07) is -1.46. The molecule has 1 saturated heterocycles. The van der Waals surface area contributed by atoms with Gasteiger partial charge in [0.15, 0.2) is 0 Å². The molecule has 5 atom stereocenters. The monoisotopic (exact) mass is 356 g/mol. The van der Waals surface area contributed by atoms with Gasteiger partial charge in [-0.1, -0.05) is 12.2 Å². The Kier molecular flexibility index (Phi) is 8.05. The first-order chi connectivity index (χ1) is 11.6. The number of allylic oxidation sites excluding steroid dienone is 1. The number of esters is 1. The van der Waals surface area contributed by atoms with Crippen molar-refractivity contribution in [2.45, 2.75) is 77.3 Å². The van der Waals surface area contributed by atoms with Crippen molar-refractivity contribution >= 4 is 11.9 Å². The largest absolute Gasteiger partial charge is 0.459 e. The lowest BCUT2D eigenvalue weighted by molar-refractivity contribution is -0.157. The van der Waals surface area contributed by atoms with Crippen LogP contribution in [0.4, 0.5) is 0 Å². The van der Waals surface area contributed by atoms with E-state index in [0.29, 0.717) is 6.42 Å². The quantitative estimate of drug-likeness (QED) is 0.391. The zero-order chi connectivity index (χ0) is 19.2. The van der Waals surface area contributed by atoms with Crippen molar-refractivity contribution < 1.29 is 24.5 Å². The van der Waals surface area contributed by atoms with Gasteiger partial charge >= 0.3 is 5.97 Å². The molecular formula is C18H32N2O5. The van der Waals surface area contributed by atoms with Crippen molar-refractivity contribution in [3.8, 4) is 0 Å². The van der Waals surface area contributed by atoms with Gasteiger partial charge in [0.25, 0.3) is 0 Å². The maximum absolute atomic E-state index is 12.4. The molecule has 0 bridgehead atoms. The molecular weight excluding hydrogens is 324 g/mol. The molecule has 0 aromatic rings. The molecule has 4 N–H and O–H groups in total. The number of hydrogen-bond acceptors (Lipinski definition) is 6. The molecule has 1 aliphatic heterocycles. The number of aliphatic hydroxyl groups is 2. The zero-order valence-corrected chi connectivity index (χ0v) is 15.8. The van der Waals surface area contributed by atoms with Gasteiger partial charge in [-0.05, 0) is 46.5 Å². The van der Waals surface area contributed by atoms with Crippen LogP contribution in [-0.2, 0) is 14.3 Å². The molecule has 7 heteroatoms. The van der Waals surface area contributed by atoms with E-state index in [2.05, 4.69) is 10.6 Å². The average Bonchev–Trinajstić information content (AvgIpc) is 2.87. The van der Waals surface area contributed by atoms with E-state index in [1.165, 1.54) is 6.92 Å². The van der Waals surface area contributed by atoms with Crippen LogP contribution in [0.15, 0.2) is 12.2 Å². The Morgan fingerprint density at radius 1 is 1.40 bits per heavy atom. The molecule has 1 heterocycles. The molecule has 0 aliphatic carbocycles. The van der Waals surface area contributed by atoms with Gasteiger partial charge in [-0.25, -0.2) is 0 Å². The minimum atomic E-state index is -0.920. The van der Waals surface area contributed by atoms with Crippen LogP contribution in [-0.4, -0.2) is 58.5 Å². The number of ether oxygens (including phenoxy) is 1. The van der Waals surface area contributed by atoms with Crippen molar-refractivity contribution in [2.24, 2.45) is 5.92 Å². The molecule has 1 rings (SSSR count). The highest BCUT2D eigenvalue weighted by atomic mass is 16.6. The highest BCUT2D eigenvalue weighted by molar-refractivity contribution is 5.77. The third kappa shape index (κ3) is 6.76. The highest BCUT2D eigenvalue weighted by Gasteiger charge is 2.43. The molecule has 1 fully saturated rings. The van der Waals surface area contributed by atoms with Crippen LogP contribution in [0.1, 0.15) is 47.5 Å². The minimum Gasteiger partial charge on any atom is -0.459 e. The third-order valence-corrected chi connectivity index (χ3v) is 4.09. The molecule has 25 heavy (non-hydrogen) atoms. The summed E-state index contributed by atoms with van der Waals surface area (Å²) >= 11 is 0. The van der Waals surface area contributed by atoms with Gasteiger partial charge in [0.1, 0.15) is 11.6 Å². The fraction of sp³-hybridized carbons (Fsp3) is 0.778. The Hall–Kier alpha value is -1.44. The molecule has 0 radical (unpaired) electrons. The fourth-order valence-corrected chi connectivity index (χ4v) is 3.17. The lowest BCUT2D eigenvalue weighted by atomic mass is 9.89. The maximum atomic E-state index is 12.4. The molecule has 0 spiro atoms. The van der Waals surface area contributed by atoms with Gasteiger partial charge in [-0.15, -0.1) is 0 Å². The second-order valence-corrected chi connectivity index (χ2v) is 7.51. The van der Waals surface area contributed by atoms with Gasteiger partial charge in [0, 0.05) is 19.6 Å². The smallest absolute Gasteiger partial charge is 0.323 e. The first kappa shape index (κ1) is 21.6. The van der Waals surface area contributed by atoms with E-state index in [1.54, 1.807) is 0 Å². The summed E-state index contributed by atoms with van der Waals surface area (Å²) in [5, 5.41) is 25.4. The fourth-order valence-electron chi connectivity index (χ4n) is 3.17. The summed E-state index contributed by atoms with van der Waals surface area (Å²) < 4.78 is 5.45. The standard InChI is InChI=1S/C18H32N2O5/c1-6-7-12-10-13(17(24)25-18(3,4)5)20-15(12)16(19-11(2)22)14(23)8-9-21/h6-7,12-16,20-21,23H,8-10H2,1-5H3,(H,19,22)/b7-6-/t12-,13-,14?,15-,16-/m1/s1. The summed E-state index contributed by atoms with van der Waals surface area (Å²) in [6.45, 7) is 8.51. The number of amides is 1. The second kappa shape index (κ2) is 9.31. The van der Waals surface area contributed by atoms with Gasteiger partial charge in [0.2, 0.25) is 5.91 Å². The Bertz CT molecular complexity index is 486. The van der Waals surface area contributed by atoms with E-state index >= 15 is 0 Å². The van der Waals surface area contributed by atoms with E-state index in [-0.39, 0.29) is 36.9 Å². The minimum absolute atomic E-state index is 0.0484. The van der Waals surface area contributed by atoms with Crippen molar-refractivity contribution in [2.75, 3.05) is 6.61 Å². The molecule has 0 aromatic carbocycles. The number of carbonyl (C=O) groups excluding carboxylic acids is 2. The van der Waals surface area contributed by atoms with Crippen molar-refractivity contribution in [3.05, 3.63) is 12.2 Å². The molecule has 0 saturated carbocycles. The van der Waals surface area contributed by atoms with Crippen LogP contribution >= 0.6 is 0 Å². The van der Waals surface area contributed by atoms with Gasteiger partial charge in [0.05, 0.1) is 12.1 Å². The summed E-state index contributed by atoms with van der Waals surface area (Å²) in [4.78, 5) is 24.0. The summed E-state index contributed by atoms with van der Waals surface area (Å²) in [6.07, 6.45) is 3.59. The number of rotatable bonds is 7. The van der Waals surface area contributed by atoms with Crippen LogP contribution in [0.3, 0.4) is 0 Å². The van der Waals surface area contributed by atoms with E-state index in [9.17, 15) is 14.7 Å². The molecule has 0 aromatic heterocycles. The molecule has 1 unspecified atom stereocenters. The average molecular weight is 356 g/mol. The maximum Gasteiger partial charge on any atom is 0.323 e. The molecule has 144 valence electrons. The Balaban J connectivity index is 2.98. The summed E-state index contributed by atoms with van der Waals surface area (Å²) in [5.41, 5.74) is -0.583. The van der Waals surface area contributed by atoms with Crippen LogP contribution in [0.25, 0.3) is 0 Å². The van der Waals surface area contributed by atoms with E-state index in [0.717, 1.165) is 0 Å². The molecule has 1 aliphatic rings. The van der Waals surface area contributed by atoms with Crippen LogP contribution in [0, 0.1) is 5.92 Å². The van der Waals surface area contributed by atoms with Crippen molar-refractivity contribution in [1.29, 1.82) is 0 Å².